The van der Waals surface area contributed by atoms with Gasteiger partial charge in [-0.3, -0.25) is 0 Å². The van der Waals surface area contributed by atoms with Crippen LogP contribution in [0.25, 0.3) is 10.8 Å². The SMILES string of the molecule is OC(CNCCc1ccco1)c1ccc2ccccc2c1. The maximum absolute atomic E-state index is 10.3. The van der Waals surface area contributed by atoms with E-state index in [1.807, 2.05) is 36.4 Å². The number of aliphatic hydroxyl groups excluding tert-OH is 1. The van der Waals surface area contributed by atoms with Crippen LogP contribution in [-0.4, -0.2) is 18.2 Å². The Labute approximate surface area is 124 Å². The molecule has 3 rings (SSSR count). The highest BCUT2D eigenvalue weighted by Gasteiger charge is 2.07. The van der Waals surface area contributed by atoms with Crippen molar-refractivity contribution in [2.75, 3.05) is 13.1 Å². The van der Waals surface area contributed by atoms with Gasteiger partial charge in [-0.05, 0) is 34.5 Å². The summed E-state index contributed by atoms with van der Waals surface area (Å²) in [6.45, 7) is 1.33. The van der Waals surface area contributed by atoms with Gasteiger partial charge in [-0.1, -0.05) is 36.4 Å². The standard InChI is InChI=1S/C18H19NO2/c20-18(13-19-10-9-17-6-3-11-21-17)16-8-7-14-4-1-2-5-15(14)12-16/h1-8,11-12,18-20H,9-10,13H2. The first-order chi connectivity index (χ1) is 10.3. The molecule has 0 saturated carbocycles. The van der Waals surface area contributed by atoms with Gasteiger partial charge in [0, 0.05) is 19.5 Å². The lowest BCUT2D eigenvalue weighted by atomic mass is 10.0. The average Bonchev–Trinajstić information content (AvgIpc) is 3.04. The second kappa shape index (κ2) is 6.57. The topological polar surface area (TPSA) is 45.4 Å². The molecule has 1 heterocycles. The van der Waals surface area contributed by atoms with Crippen molar-refractivity contribution in [2.45, 2.75) is 12.5 Å². The summed E-state index contributed by atoms with van der Waals surface area (Å²) in [5, 5.41) is 15.9. The molecule has 1 aromatic heterocycles. The van der Waals surface area contributed by atoms with Gasteiger partial charge in [0.15, 0.2) is 0 Å². The summed E-state index contributed by atoms with van der Waals surface area (Å²) >= 11 is 0. The van der Waals surface area contributed by atoms with Gasteiger partial charge >= 0.3 is 0 Å². The molecule has 3 nitrogen and oxygen atoms in total. The molecule has 0 amide bonds. The summed E-state index contributed by atoms with van der Waals surface area (Å²) in [5.74, 6) is 0.961. The van der Waals surface area contributed by atoms with Crippen LogP contribution in [0.15, 0.2) is 65.3 Å². The molecular weight excluding hydrogens is 262 g/mol. The second-order valence-corrected chi connectivity index (χ2v) is 5.16. The number of hydrogen-bond donors (Lipinski definition) is 2. The molecule has 0 spiro atoms. The van der Waals surface area contributed by atoms with E-state index >= 15 is 0 Å². The molecule has 2 aromatic carbocycles. The Morgan fingerprint density at radius 3 is 2.67 bits per heavy atom. The van der Waals surface area contributed by atoms with Crippen molar-refractivity contribution in [3.05, 3.63) is 72.2 Å². The molecule has 0 aliphatic rings. The molecular formula is C18H19NO2. The first-order valence-electron chi connectivity index (χ1n) is 7.23. The summed E-state index contributed by atoms with van der Waals surface area (Å²) in [4.78, 5) is 0. The molecule has 0 aliphatic heterocycles. The monoisotopic (exact) mass is 281 g/mol. The lowest BCUT2D eigenvalue weighted by Gasteiger charge is -2.12. The minimum atomic E-state index is -0.494. The highest BCUT2D eigenvalue weighted by atomic mass is 16.3. The van der Waals surface area contributed by atoms with E-state index in [0.29, 0.717) is 6.54 Å². The van der Waals surface area contributed by atoms with Crippen LogP contribution in [0.4, 0.5) is 0 Å². The van der Waals surface area contributed by atoms with Crippen LogP contribution < -0.4 is 5.32 Å². The van der Waals surface area contributed by atoms with E-state index in [-0.39, 0.29) is 0 Å². The molecule has 0 saturated heterocycles. The van der Waals surface area contributed by atoms with Crippen molar-refractivity contribution in [3.63, 3.8) is 0 Å². The van der Waals surface area contributed by atoms with E-state index in [1.54, 1.807) is 6.26 Å². The van der Waals surface area contributed by atoms with E-state index in [0.717, 1.165) is 29.7 Å². The smallest absolute Gasteiger partial charge is 0.105 e. The maximum atomic E-state index is 10.3. The fraction of sp³-hybridized carbons (Fsp3) is 0.222. The molecule has 0 aliphatic carbocycles. The first kappa shape index (κ1) is 13.9. The van der Waals surface area contributed by atoms with Gasteiger partial charge in [-0.15, -0.1) is 0 Å². The molecule has 3 aromatic rings. The van der Waals surface area contributed by atoms with E-state index in [9.17, 15) is 5.11 Å². The van der Waals surface area contributed by atoms with Crippen molar-refractivity contribution in [3.8, 4) is 0 Å². The van der Waals surface area contributed by atoms with Crippen molar-refractivity contribution in [2.24, 2.45) is 0 Å². The van der Waals surface area contributed by atoms with Gasteiger partial charge in [0.2, 0.25) is 0 Å². The number of aliphatic hydroxyl groups is 1. The van der Waals surface area contributed by atoms with Crippen LogP contribution in [0.5, 0.6) is 0 Å². The maximum Gasteiger partial charge on any atom is 0.105 e. The van der Waals surface area contributed by atoms with E-state index in [1.165, 1.54) is 5.39 Å². The summed E-state index contributed by atoms with van der Waals surface area (Å²) in [6.07, 6.45) is 2.02. The molecule has 3 heteroatoms. The molecule has 0 fully saturated rings. The van der Waals surface area contributed by atoms with Gasteiger partial charge in [0.25, 0.3) is 0 Å². The molecule has 0 bridgehead atoms. The fourth-order valence-corrected chi connectivity index (χ4v) is 2.44. The number of rotatable bonds is 6. The molecule has 2 N–H and O–H groups in total. The zero-order valence-corrected chi connectivity index (χ0v) is 11.8. The van der Waals surface area contributed by atoms with Crippen molar-refractivity contribution < 1.29 is 9.52 Å². The Morgan fingerprint density at radius 2 is 1.86 bits per heavy atom. The van der Waals surface area contributed by atoms with Gasteiger partial charge in [0.1, 0.15) is 5.76 Å². The zero-order valence-electron chi connectivity index (χ0n) is 11.8. The lowest BCUT2D eigenvalue weighted by molar-refractivity contribution is 0.175. The molecule has 1 atom stereocenters. The highest BCUT2D eigenvalue weighted by molar-refractivity contribution is 5.83. The summed E-state index contributed by atoms with van der Waals surface area (Å²) in [6, 6.07) is 18.1. The van der Waals surface area contributed by atoms with E-state index in [4.69, 9.17) is 4.42 Å². The largest absolute Gasteiger partial charge is 0.469 e. The normalized spacial score (nSPS) is 12.6. The molecule has 1 unspecified atom stereocenters. The number of nitrogens with one attached hydrogen (secondary N) is 1. The van der Waals surface area contributed by atoms with Crippen molar-refractivity contribution >= 4 is 10.8 Å². The number of benzene rings is 2. The van der Waals surface area contributed by atoms with Gasteiger partial charge < -0.3 is 14.8 Å². The van der Waals surface area contributed by atoms with Crippen LogP contribution in [0.1, 0.15) is 17.4 Å². The minimum Gasteiger partial charge on any atom is -0.469 e. The predicted octanol–water partition coefficient (Wildman–Crippen LogP) is 3.30. The quantitative estimate of drug-likeness (QED) is 0.681. The average molecular weight is 281 g/mol. The molecule has 108 valence electrons. The third kappa shape index (κ3) is 3.51. The minimum absolute atomic E-state index is 0.494. The van der Waals surface area contributed by atoms with Crippen molar-refractivity contribution in [1.82, 2.24) is 5.32 Å². The molecule has 0 radical (unpaired) electrons. The van der Waals surface area contributed by atoms with Crippen LogP contribution >= 0.6 is 0 Å². The predicted molar refractivity (Wildman–Crippen MR) is 84.2 cm³/mol. The van der Waals surface area contributed by atoms with E-state index in [2.05, 4.69) is 23.5 Å². The van der Waals surface area contributed by atoms with Crippen LogP contribution in [-0.2, 0) is 6.42 Å². The molecule has 21 heavy (non-hydrogen) atoms. The lowest BCUT2D eigenvalue weighted by Crippen LogP contribution is -2.23. The van der Waals surface area contributed by atoms with Crippen molar-refractivity contribution in [1.29, 1.82) is 0 Å². The third-order valence-electron chi connectivity index (χ3n) is 3.62. The summed E-state index contributed by atoms with van der Waals surface area (Å²) in [5.41, 5.74) is 0.944. The second-order valence-electron chi connectivity index (χ2n) is 5.16. The Balaban J connectivity index is 1.55. The number of furan rings is 1. The number of hydrogen-bond acceptors (Lipinski definition) is 3. The Morgan fingerprint density at radius 1 is 1.00 bits per heavy atom. The van der Waals surface area contributed by atoms with Crippen LogP contribution in [0, 0.1) is 0 Å². The number of fused-ring (bicyclic) bond motifs is 1. The van der Waals surface area contributed by atoms with Crippen LogP contribution in [0.3, 0.4) is 0 Å². The van der Waals surface area contributed by atoms with Gasteiger partial charge in [-0.2, -0.15) is 0 Å². The van der Waals surface area contributed by atoms with E-state index < -0.39 is 6.10 Å². The summed E-state index contributed by atoms with van der Waals surface area (Å²) in [7, 11) is 0. The third-order valence-corrected chi connectivity index (χ3v) is 3.62. The summed E-state index contributed by atoms with van der Waals surface area (Å²) < 4.78 is 5.27. The Hall–Kier alpha value is -2.10. The Kier molecular flexibility index (Phi) is 4.34. The fourth-order valence-electron chi connectivity index (χ4n) is 2.44. The first-order valence-corrected chi connectivity index (χ1v) is 7.23. The van der Waals surface area contributed by atoms with Gasteiger partial charge in [0.05, 0.1) is 12.4 Å². The Bertz CT molecular complexity index is 691. The zero-order chi connectivity index (χ0) is 14.5. The van der Waals surface area contributed by atoms with Crippen LogP contribution in [0.2, 0.25) is 0 Å². The van der Waals surface area contributed by atoms with Gasteiger partial charge in [-0.25, -0.2) is 0 Å². The highest BCUT2D eigenvalue weighted by Crippen LogP contribution is 2.20.